The molecule has 1 saturated carbocycles. The van der Waals surface area contributed by atoms with E-state index in [-0.39, 0.29) is 18.3 Å². The van der Waals surface area contributed by atoms with Crippen molar-refractivity contribution in [3.63, 3.8) is 0 Å². The molecule has 0 spiro atoms. The van der Waals surface area contributed by atoms with Crippen LogP contribution in [0.15, 0.2) is 52.1 Å². The van der Waals surface area contributed by atoms with Gasteiger partial charge in [0.25, 0.3) is 11.5 Å². The molecule has 30 heavy (non-hydrogen) atoms. The molecule has 1 aliphatic carbocycles. The van der Waals surface area contributed by atoms with Gasteiger partial charge in [-0.3, -0.25) is 14.2 Å². The maximum Gasteiger partial charge on any atom is 0.352 e. The van der Waals surface area contributed by atoms with Crippen LogP contribution in [0.25, 0.3) is 5.69 Å². The van der Waals surface area contributed by atoms with Crippen molar-refractivity contribution in [2.75, 3.05) is 0 Å². The van der Waals surface area contributed by atoms with E-state index >= 15 is 0 Å². The first kappa shape index (κ1) is 20.1. The molecule has 8 heteroatoms. The van der Waals surface area contributed by atoms with Gasteiger partial charge in [-0.1, -0.05) is 29.8 Å². The van der Waals surface area contributed by atoms with Crippen LogP contribution in [-0.4, -0.2) is 26.3 Å². The van der Waals surface area contributed by atoms with Crippen LogP contribution in [0.2, 0.25) is 5.02 Å². The lowest BCUT2D eigenvalue weighted by Crippen LogP contribution is -2.46. The molecule has 1 aliphatic rings. The molecule has 0 aliphatic heterocycles. The van der Waals surface area contributed by atoms with Crippen molar-refractivity contribution < 1.29 is 4.79 Å². The Balaban J connectivity index is 1.89. The standard InChI is InChI=1S/C22H21ClN4O3/c1-13-8-14(2)10-18(9-13)27-22(30)26(12-15-4-3-5-16(23)11-15)21(29)19(25-27)20(28)24-17-6-7-17/h3-5,8-11,17H,6-7,12H2,1-2H3,(H,24,28). The van der Waals surface area contributed by atoms with E-state index in [4.69, 9.17) is 11.6 Å². The summed E-state index contributed by atoms with van der Waals surface area (Å²) in [5.41, 5.74) is 1.41. The molecule has 7 nitrogen and oxygen atoms in total. The minimum atomic E-state index is -0.723. The molecule has 154 valence electrons. The highest BCUT2D eigenvalue weighted by molar-refractivity contribution is 6.30. The second kappa shape index (κ2) is 7.91. The number of nitrogens with zero attached hydrogens (tertiary/aromatic N) is 3. The minimum absolute atomic E-state index is 0.0186. The van der Waals surface area contributed by atoms with Gasteiger partial charge >= 0.3 is 5.69 Å². The van der Waals surface area contributed by atoms with Gasteiger partial charge < -0.3 is 5.32 Å². The van der Waals surface area contributed by atoms with Gasteiger partial charge in [0.1, 0.15) is 0 Å². The van der Waals surface area contributed by atoms with Crippen molar-refractivity contribution in [2.24, 2.45) is 0 Å². The molecule has 1 heterocycles. The molecule has 0 radical (unpaired) electrons. The van der Waals surface area contributed by atoms with Gasteiger partial charge in [-0.15, -0.1) is 0 Å². The topological polar surface area (TPSA) is 86.0 Å². The average molecular weight is 425 g/mol. The lowest BCUT2D eigenvalue weighted by atomic mass is 10.1. The van der Waals surface area contributed by atoms with Crippen LogP contribution >= 0.6 is 11.6 Å². The molecular weight excluding hydrogens is 404 g/mol. The Kier molecular flexibility index (Phi) is 5.30. The summed E-state index contributed by atoms with van der Waals surface area (Å²) in [5.74, 6) is -0.569. The van der Waals surface area contributed by atoms with Crippen molar-refractivity contribution in [1.29, 1.82) is 0 Å². The van der Waals surface area contributed by atoms with Crippen LogP contribution in [0.5, 0.6) is 0 Å². The zero-order valence-corrected chi connectivity index (χ0v) is 17.4. The second-order valence-electron chi connectivity index (χ2n) is 7.66. The quantitative estimate of drug-likeness (QED) is 0.682. The van der Waals surface area contributed by atoms with Crippen LogP contribution in [0, 0.1) is 13.8 Å². The predicted molar refractivity (Wildman–Crippen MR) is 115 cm³/mol. The SMILES string of the molecule is Cc1cc(C)cc(-n2nc(C(=O)NC3CC3)c(=O)n(Cc3cccc(Cl)c3)c2=O)c1. The number of halogens is 1. The second-order valence-corrected chi connectivity index (χ2v) is 8.09. The first-order valence-electron chi connectivity index (χ1n) is 9.70. The van der Waals surface area contributed by atoms with Gasteiger partial charge in [0, 0.05) is 11.1 Å². The molecule has 4 rings (SSSR count). The number of carbonyl (C=O) groups is 1. The number of hydrogen-bond donors (Lipinski definition) is 1. The largest absolute Gasteiger partial charge is 0.352 e. The van der Waals surface area contributed by atoms with Crippen LogP contribution < -0.4 is 16.6 Å². The molecule has 2 aromatic carbocycles. The predicted octanol–water partition coefficient (Wildman–Crippen LogP) is 2.60. The van der Waals surface area contributed by atoms with E-state index in [1.54, 1.807) is 36.4 Å². The number of benzene rings is 2. The van der Waals surface area contributed by atoms with E-state index in [1.807, 2.05) is 19.9 Å². The molecule has 1 aromatic heterocycles. The fourth-order valence-corrected chi connectivity index (χ4v) is 3.55. The van der Waals surface area contributed by atoms with E-state index in [2.05, 4.69) is 10.4 Å². The monoisotopic (exact) mass is 424 g/mol. The lowest BCUT2D eigenvalue weighted by Gasteiger charge is -2.13. The van der Waals surface area contributed by atoms with E-state index in [0.29, 0.717) is 16.3 Å². The number of aromatic nitrogens is 3. The third-order valence-corrected chi connectivity index (χ3v) is 5.10. The molecule has 0 unspecified atom stereocenters. The third kappa shape index (κ3) is 4.21. The molecular formula is C22H21ClN4O3. The third-order valence-electron chi connectivity index (χ3n) is 4.87. The summed E-state index contributed by atoms with van der Waals surface area (Å²) >= 11 is 6.05. The smallest absolute Gasteiger partial charge is 0.348 e. The zero-order chi connectivity index (χ0) is 21.4. The highest BCUT2D eigenvalue weighted by Crippen LogP contribution is 2.19. The average Bonchev–Trinajstić information content (AvgIpc) is 3.48. The number of nitrogens with one attached hydrogen (secondary N) is 1. The Hall–Kier alpha value is -3.19. The Morgan fingerprint density at radius 1 is 1.13 bits per heavy atom. The van der Waals surface area contributed by atoms with E-state index in [0.717, 1.165) is 33.2 Å². The van der Waals surface area contributed by atoms with E-state index in [9.17, 15) is 14.4 Å². The first-order valence-corrected chi connectivity index (χ1v) is 10.1. The van der Waals surface area contributed by atoms with Gasteiger partial charge in [-0.2, -0.15) is 9.78 Å². The van der Waals surface area contributed by atoms with Gasteiger partial charge in [-0.05, 0) is 67.6 Å². The number of hydrogen-bond acceptors (Lipinski definition) is 4. The van der Waals surface area contributed by atoms with Crippen LogP contribution in [0.3, 0.4) is 0 Å². The summed E-state index contributed by atoms with van der Waals surface area (Å²) in [5, 5.41) is 7.43. The summed E-state index contributed by atoms with van der Waals surface area (Å²) in [4.78, 5) is 38.9. The van der Waals surface area contributed by atoms with Crippen molar-refractivity contribution >= 4 is 17.5 Å². The molecule has 0 atom stereocenters. The summed E-state index contributed by atoms with van der Waals surface area (Å²) < 4.78 is 2.14. The van der Waals surface area contributed by atoms with Crippen molar-refractivity contribution in [1.82, 2.24) is 19.7 Å². The zero-order valence-electron chi connectivity index (χ0n) is 16.7. The summed E-state index contributed by atoms with van der Waals surface area (Å²) in [6.07, 6.45) is 1.75. The Morgan fingerprint density at radius 3 is 2.47 bits per heavy atom. The fraction of sp³-hybridized carbons (Fsp3) is 0.273. The molecule has 1 amide bonds. The molecule has 0 saturated heterocycles. The van der Waals surface area contributed by atoms with Crippen LogP contribution in [0.4, 0.5) is 0 Å². The van der Waals surface area contributed by atoms with Crippen molar-refractivity contribution in [3.05, 3.63) is 90.7 Å². The van der Waals surface area contributed by atoms with Gasteiger partial charge in [0.2, 0.25) is 5.69 Å². The maximum absolute atomic E-state index is 13.2. The highest BCUT2D eigenvalue weighted by atomic mass is 35.5. The number of rotatable bonds is 5. The van der Waals surface area contributed by atoms with Crippen molar-refractivity contribution in [3.8, 4) is 5.69 Å². The summed E-state index contributed by atoms with van der Waals surface area (Å²) in [6, 6.07) is 12.5. The highest BCUT2D eigenvalue weighted by Gasteiger charge is 2.27. The van der Waals surface area contributed by atoms with Gasteiger partial charge in [0.15, 0.2) is 0 Å². The number of carbonyl (C=O) groups excluding carboxylic acids is 1. The molecule has 1 fully saturated rings. The van der Waals surface area contributed by atoms with Crippen LogP contribution in [-0.2, 0) is 6.54 Å². The Bertz CT molecular complexity index is 1240. The molecule has 1 N–H and O–H groups in total. The Morgan fingerprint density at radius 2 is 1.83 bits per heavy atom. The summed E-state index contributed by atoms with van der Waals surface area (Å²) in [7, 11) is 0. The van der Waals surface area contributed by atoms with Crippen molar-refractivity contribution in [2.45, 2.75) is 39.3 Å². The van der Waals surface area contributed by atoms with Gasteiger partial charge in [-0.25, -0.2) is 4.79 Å². The normalized spacial score (nSPS) is 13.3. The lowest BCUT2D eigenvalue weighted by molar-refractivity contribution is 0.0941. The summed E-state index contributed by atoms with van der Waals surface area (Å²) in [6.45, 7) is 3.80. The number of aryl methyl sites for hydroxylation is 2. The van der Waals surface area contributed by atoms with Crippen LogP contribution in [0.1, 0.15) is 40.0 Å². The fourth-order valence-electron chi connectivity index (χ4n) is 3.34. The maximum atomic E-state index is 13.2. The van der Waals surface area contributed by atoms with Gasteiger partial charge in [0.05, 0.1) is 12.2 Å². The first-order chi connectivity index (χ1) is 14.3. The van der Waals surface area contributed by atoms with E-state index < -0.39 is 17.2 Å². The number of amides is 1. The minimum Gasteiger partial charge on any atom is -0.348 e. The molecule has 0 bridgehead atoms. The molecule has 3 aromatic rings. The Labute approximate surface area is 177 Å². The van der Waals surface area contributed by atoms with E-state index in [1.165, 1.54) is 0 Å².